The fraction of sp³-hybridized carbons (Fsp3) is 0.278. The topological polar surface area (TPSA) is 15.6 Å². The van der Waals surface area contributed by atoms with Gasteiger partial charge in [0.15, 0.2) is 0 Å². The molecule has 4 heteroatoms. The first-order valence-electron chi connectivity index (χ1n) is 7.39. The van der Waals surface area contributed by atoms with E-state index >= 15 is 0 Å². The van der Waals surface area contributed by atoms with Crippen LogP contribution in [0.2, 0.25) is 5.02 Å². The molecular weight excluding hydrogens is 315 g/mol. The average molecular weight is 333 g/mol. The van der Waals surface area contributed by atoms with E-state index in [9.17, 15) is 0 Å². The highest BCUT2D eigenvalue weighted by atomic mass is 35.5. The smallest absolute Gasteiger partial charge is 0.0741 e. The van der Waals surface area contributed by atoms with Gasteiger partial charge in [0.1, 0.15) is 0 Å². The summed E-state index contributed by atoms with van der Waals surface area (Å²) in [5.41, 5.74) is 4.35. The summed E-state index contributed by atoms with van der Waals surface area (Å²) in [5, 5.41) is 0.728. The molecule has 0 bridgehead atoms. The Morgan fingerprint density at radius 2 is 1.95 bits per heavy atom. The summed E-state index contributed by atoms with van der Waals surface area (Å²) in [6.07, 6.45) is 0.908. The van der Waals surface area contributed by atoms with E-state index < -0.39 is 0 Å². The second kappa shape index (κ2) is 6.72. The molecule has 114 valence electrons. The normalized spacial score (nSPS) is 17.7. The molecule has 0 saturated carbocycles. The summed E-state index contributed by atoms with van der Waals surface area (Å²) < 4.78 is 0. The summed E-state index contributed by atoms with van der Waals surface area (Å²) in [7, 11) is 2.10. The van der Waals surface area contributed by atoms with Gasteiger partial charge in [-0.2, -0.15) is 0 Å². The fourth-order valence-electron chi connectivity index (χ4n) is 2.86. The van der Waals surface area contributed by atoms with Gasteiger partial charge in [-0.1, -0.05) is 41.9 Å². The van der Waals surface area contributed by atoms with E-state index in [2.05, 4.69) is 30.1 Å². The minimum absolute atomic E-state index is 0.304. The standard InChI is InChI=1S/C18H18Cl2N2/c1-22-15(9-10-19)12-21-18(13-5-3-2-4-6-13)16-11-14(20)7-8-17(16)22/h2-8,11,15H,9-10,12H2,1H3. The van der Waals surface area contributed by atoms with Crippen LogP contribution >= 0.6 is 23.2 Å². The quantitative estimate of drug-likeness (QED) is 0.748. The summed E-state index contributed by atoms with van der Waals surface area (Å²) >= 11 is 12.2. The molecule has 0 N–H and O–H groups in total. The number of benzodiazepines with no additional fused rings is 1. The number of likely N-dealkylation sites (N-methyl/N-ethyl adjacent to an activating group) is 1. The van der Waals surface area contributed by atoms with Gasteiger partial charge in [-0.15, -0.1) is 11.6 Å². The molecule has 2 nitrogen and oxygen atoms in total. The lowest BCUT2D eigenvalue weighted by Crippen LogP contribution is -2.34. The number of anilines is 1. The number of halogens is 2. The van der Waals surface area contributed by atoms with Crippen molar-refractivity contribution in [1.29, 1.82) is 0 Å². The first kappa shape index (κ1) is 15.4. The molecule has 0 fully saturated rings. The zero-order chi connectivity index (χ0) is 15.5. The number of hydrogen-bond acceptors (Lipinski definition) is 2. The second-order valence-corrected chi connectivity index (χ2v) is 6.27. The van der Waals surface area contributed by atoms with Gasteiger partial charge in [0.25, 0.3) is 0 Å². The van der Waals surface area contributed by atoms with Crippen molar-refractivity contribution in [2.24, 2.45) is 4.99 Å². The zero-order valence-electron chi connectivity index (χ0n) is 12.5. The average Bonchev–Trinajstić information content (AvgIpc) is 2.66. The molecule has 0 amide bonds. The highest BCUT2D eigenvalue weighted by molar-refractivity contribution is 6.31. The zero-order valence-corrected chi connectivity index (χ0v) is 14.0. The SMILES string of the molecule is CN1c2ccc(Cl)cc2C(c2ccccc2)=NCC1CCCl. The molecule has 0 spiro atoms. The summed E-state index contributed by atoms with van der Waals surface area (Å²) in [4.78, 5) is 7.16. The predicted molar refractivity (Wildman–Crippen MR) is 95.9 cm³/mol. The third kappa shape index (κ3) is 2.99. The highest BCUT2D eigenvalue weighted by Gasteiger charge is 2.24. The van der Waals surface area contributed by atoms with Gasteiger partial charge < -0.3 is 4.90 Å². The van der Waals surface area contributed by atoms with Gasteiger partial charge in [0, 0.05) is 40.8 Å². The van der Waals surface area contributed by atoms with Gasteiger partial charge in [-0.25, -0.2) is 0 Å². The number of alkyl halides is 1. The molecule has 1 atom stereocenters. The molecule has 0 saturated heterocycles. The van der Waals surface area contributed by atoms with Crippen LogP contribution in [0.1, 0.15) is 17.5 Å². The third-order valence-electron chi connectivity index (χ3n) is 4.09. The first-order chi connectivity index (χ1) is 10.7. The Morgan fingerprint density at radius 1 is 1.18 bits per heavy atom. The van der Waals surface area contributed by atoms with Crippen LogP contribution in [0, 0.1) is 0 Å². The van der Waals surface area contributed by atoms with Crippen LogP contribution in [0.4, 0.5) is 5.69 Å². The van der Waals surface area contributed by atoms with Crippen molar-refractivity contribution in [1.82, 2.24) is 0 Å². The highest BCUT2D eigenvalue weighted by Crippen LogP contribution is 2.30. The van der Waals surface area contributed by atoms with Gasteiger partial charge in [0.05, 0.1) is 12.3 Å². The van der Waals surface area contributed by atoms with Crippen LogP contribution in [0.5, 0.6) is 0 Å². The fourth-order valence-corrected chi connectivity index (χ4v) is 3.28. The van der Waals surface area contributed by atoms with Crippen molar-refractivity contribution in [2.75, 3.05) is 24.4 Å². The van der Waals surface area contributed by atoms with Crippen molar-refractivity contribution in [3.8, 4) is 0 Å². The maximum absolute atomic E-state index is 6.23. The van der Waals surface area contributed by atoms with Gasteiger partial charge in [-0.3, -0.25) is 4.99 Å². The number of fused-ring (bicyclic) bond motifs is 1. The summed E-state index contributed by atoms with van der Waals surface area (Å²) in [6.45, 7) is 0.736. The minimum atomic E-state index is 0.304. The minimum Gasteiger partial charge on any atom is -0.369 e. The summed E-state index contributed by atoms with van der Waals surface area (Å²) in [5.74, 6) is 0.633. The van der Waals surface area contributed by atoms with E-state index in [1.807, 2.05) is 30.3 Å². The first-order valence-corrected chi connectivity index (χ1v) is 8.30. The lowest BCUT2D eigenvalue weighted by molar-refractivity contribution is 0.627. The van der Waals surface area contributed by atoms with Gasteiger partial charge in [0.2, 0.25) is 0 Å². The maximum atomic E-state index is 6.23. The van der Waals surface area contributed by atoms with E-state index in [4.69, 9.17) is 28.2 Å². The Bertz CT molecular complexity index is 683. The Balaban J connectivity index is 2.14. The number of benzene rings is 2. The Kier molecular flexibility index (Phi) is 4.70. The van der Waals surface area contributed by atoms with Crippen molar-refractivity contribution in [3.63, 3.8) is 0 Å². The molecule has 1 aliphatic heterocycles. The molecule has 0 aliphatic carbocycles. The van der Waals surface area contributed by atoms with Crippen molar-refractivity contribution < 1.29 is 0 Å². The number of rotatable bonds is 3. The van der Waals surface area contributed by atoms with Gasteiger partial charge in [-0.05, 0) is 24.6 Å². The molecule has 3 rings (SSSR count). The largest absolute Gasteiger partial charge is 0.369 e. The maximum Gasteiger partial charge on any atom is 0.0741 e. The van der Waals surface area contributed by atoms with Crippen LogP contribution in [-0.2, 0) is 0 Å². The monoisotopic (exact) mass is 332 g/mol. The number of aliphatic imine (C=N–C) groups is 1. The van der Waals surface area contributed by atoms with E-state index in [0.717, 1.165) is 40.5 Å². The molecule has 0 aromatic heterocycles. The summed E-state index contributed by atoms with van der Waals surface area (Å²) in [6, 6.07) is 16.6. The van der Waals surface area contributed by atoms with Crippen LogP contribution in [-0.4, -0.2) is 31.2 Å². The molecule has 0 radical (unpaired) electrons. The second-order valence-electron chi connectivity index (χ2n) is 5.46. The van der Waals surface area contributed by atoms with Crippen LogP contribution in [0.15, 0.2) is 53.5 Å². The Morgan fingerprint density at radius 3 is 2.68 bits per heavy atom. The van der Waals surface area contributed by atoms with Crippen LogP contribution in [0.3, 0.4) is 0 Å². The van der Waals surface area contributed by atoms with E-state index in [1.54, 1.807) is 0 Å². The molecule has 2 aromatic carbocycles. The van der Waals surface area contributed by atoms with E-state index in [1.165, 1.54) is 0 Å². The van der Waals surface area contributed by atoms with Gasteiger partial charge >= 0.3 is 0 Å². The lowest BCUT2D eigenvalue weighted by Gasteiger charge is -2.28. The molecule has 1 heterocycles. The number of hydrogen-bond donors (Lipinski definition) is 0. The van der Waals surface area contributed by atoms with Crippen LogP contribution < -0.4 is 4.90 Å². The van der Waals surface area contributed by atoms with Crippen LogP contribution in [0.25, 0.3) is 0 Å². The molecule has 1 aliphatic rings. The third-order valence-corrected chi connectivity index (χ3v) is 4.54. The van der Waals surface area contributed by atoms with Crippen molar-refractivity contribution >= 4 is 34.6 Å². The molecule has 2 aromatic rings. The lowest BCUT2D eigenvalue weighted by atomic mass is 10.0. The Hall–Kier alpha value is -1.51. The molecule has 22 heavy (non-hydrogen) atoms. The van der Waals surface area contributed by atoms with E-state index in [0.29, 0.717) is 11.9 Å². The van der Waals surface area contributed by atoms with E-state index in [-0.39, 0.29) is 0 Å². The molecule has 1 unspecified atom stereocenters. The Labute approximate surface area is 141 Å². The number of nitrogens with zero attached hydrogens (tertiary/aromatic N) is 2. The van der Waals surface area contributed by atoms with Crippen molar-refractivity contribution in [2.45, 2.75) is 12.5 Å². The molecular formula is C18H18Cl2N2. The predicted octanol–water partition coefficient (Wildman–Crippen LogP) is 4.62. The van der Waals surface area contributed by atoms with Crippen molar-refractivity contribution in [3.05, 3.63) is 64.7 Å².